The van der Waals surface area contributed by atoms with E-state index in [0.717, 1.165) is 11.8 Å². The quantitative estimate of drug-likeness (QED) is 0.609. The molecule has 0 amide bonds. The second-order valence-electron chi connectivity index (χ2n) is 4.45. The number of hydrogen-bond acceptors (Lipinski definition) is 7. The van der Waals surface area contributed by atoms with Crippen molar-refractivity contribution in [3.63, 3.8) is 0 Å². The van der Waals surface area contributed by atoms with Crippen LogP contribution in [0, 0.1) is 0 Å². The van der Waals surface area contributed by atoms with Crippen molar-refractivity contribution in [2.45, 2.75) is 29.9 Å². The Bertz CT molecular complexity index is 751. The monoisotopic (exact) mass is 294 g/mol. The van der Waals surface area contributed by atoms with E-state index in [1.54, 1.807) is 13.1 Å². The number of aromatic amines is 1. The minimum atomic E-state index is -0.836. The lowest BCUT2D eigenvalue weighted by Crippen LogP contribution is -2.33. The summed E-state index contributed by atoms with van der Waals surface area (Å²) in [6.07, 6.45) is 0. The van der Waals surface area contributed by atoms with Crippen molar-refractivity contribution < 1.29 is 0 Å². The van der Waals surface area contributed by atoms with Gasteiger partial charge in [0, 0.05) is 19.0 Å². The molecule has 0 aliphatic carbocycles. The third-order valence-electron chi connectivity index (χ3n) is 2.40. The van der Waals surface area contributed by atoms with Gasteiger partial charge in [-0.25, -0.2) is 9.97 Å². The summed E-state index contributed by atoms with van der Waals surface area (Å²) in [4.78, 5) is 34.6. The first-order valence-electron chi connectivity index (χ1n) is 5.86. The van der Waals surface area contributed by atoms with Gasteiger partial charge in [0.15, 0.2) is 5.16 Å². The van der Waals surface area contributed by atoms with Crippen LogP contribution in [0.4, 0.5) is 5.82 Å². The fourth-order valence-corrected chi connectivity index (χ4v) is 2.23. The highest BCUT2D eigenvalue weighted by atomic mass is 32.2. The maximum atomic E-state index is 11.3. The molecule has 20 heavy (non-hydrogen) atoms. The van der Waals surface area contributed by atoms with Crippen LogP contribution in [0.1, 0.15) is 25.6 Å². The fraction of sp³-hybridized carbons (Fsp3) is 0.364. The van der Waals surface area contributed by atoms with Crippen LogP contribution in [0.15, 0.2) is 25.8 Å². The number of nitrogens with zero attached hydrogens (tertiary/aromatic N) is 4. The van der Waals surface area contributed by atoms with Crippen LogP contribution < -0.4 is 16.9 Å². The van der Waals surface area contributed by atoms with Gasteiger partial charge in [0.05, 0.1) is 0 Å². The molecule has 0 aliphatic rings. The van der Waals surface area contributed by atoms with Gasteiger partial charge in [0.2, 0.25) is 0 Å². The van der Waals surface area contributed by atoms with E-state index in [4.69, 9.17) is 5.73 Å². The molecule has 8 nitrogen and oxygen atoms in total. The largest absolute Gasteiger partial charge is 0.384 e. The van der Waals surface area contributed by atoms with E-state index in [9.17, 15) is 9.59 Å². The Labute approximate surface area is 118 Å². The molecular weight excluding hydrogens is 280 g/mol. The molecule has 3 N–H and O–H groups in total. The highest BCUT2D eigenvalue weighted by Gasteiger charge is 2.11. The van der Waals surface area contributed by atoms with Crippen molar-refractivity contribution in [2.75, 3.05) is 5.73 Å². The van der Waals surface area contributed by atoms with E-state index in [-0.39, 0.29) is 5.92 Å². The van der Waals surface area contributed by atoms with Crippen molar-refractivity contribution in [3.05, 3.63) is 32.6 Å². The molecule has 0 atom stereocenters. The first-order valence-corrected chi connectivity index (χ1v) is 6.68. The topological polar surface area (TPSA) is 120 Å². The molecule has 2 aromatic rings. The zero-order valence-corrected chi connectivity index (χ0v) is 12.1. The summed E-state index contributed by atoms with van der Waals surface area (Å²) in [5, 5.41) is 3.26. The van der Waals surface area contributed by atoms with E-state index in [2.05, 4.69) is 20.1 Å². The number of nitrogens with two attached hydrogens (primary N) is 1. The van der Waals surface area contributed by atoms with Crippen molar-refractivity contribution in [3.8, 4) is 0 Å². The van der Waals surface area contributed by atoms with E-state index in [1.165, 1.54) is 4.68 Å². The van der Waals surface area contributed by atoms with Crippen molar-refractivity contribution in [1.29, 1.82) is 0 Å². The van der Waals surface area contributed by atoms with Gasteiger partial charge >= 0.3 is 11.1 Å². The standard InChI is InChI=1S/C11H14N6O2S/c1-5(2)8-13-6(12)4-7(14-8)20-11-15-9(18)10(19)16-17(11)3/h4-5H,1-3H3,(H,16,19)(H2,12,13,14). The molecule has 106 valence electrons. The maximum absolute atomic E-state index is 11.3. The Morgan fingerprint density at radius 2 is 2.00 bits per heavy atom. The highest BCUT2D eigenvalue weighted by molar-refractivity contribution is 7.99. The molecule has 0 saturated heterocycles. The summed E-state index contributed by atoms with van der Waals surface area (Å²) in [5.74, 6) is 1.09. The molecule has 0 aromatic carbocycles. The third kappa shape index (κ3) is 3.05. The summed E-state index contributed by atoms with van der Waals surface area (Å²) >= 11 is 1.13. The van der Waals surface area contributed by atoms with Crippen molar-refractivity contribution >= 4 is 17.6 Å². The Balaban J connectivity index is 2.42. The Kier molecular flexibility index (Phi) is 3.89. The molecule has 0 saturated carbocycles. The second kappa shape index (κ2) is 5.45. The Morgan fingerprint density at radius 1 is 1.30 bits per heavy atom. The molecule has 2 rings (SSSR count). The molecule has 0 spiro atoms. The number of H-pyrrole nitrogens is 1. The number of aromatic nitrogens is 5. The van der Waals surface area contributed by atoms with Crippen LogP contribution >= 0.6 is 11.8 Å². The van der Waals surface area contributed by atoms with Crippen LogP contribution in [0.25, 0.3) is 0 Å². The molecule has 0 radical (unpaired) electrons. The summed E-state index contributed by atoms with van der Waals surface area (Å²) in [7, 11) is 1.59. The lowest BCUT2D eigenvalue weighted by atomic mass is 10.2. The lowest BCUT2D eigenvalue weighted by molar-refractivity contribution is 0.596. The number of anilines is 1. The number of rotatable bonds is 3. The van der Waals surface area contributed by atoms with Gasteiger partial charge in [-0.2, -0.15) is 4.98 Å². The molecule has 0 unspecified atom stereocenters. The molecule has 9 heteroatoms. The van der Waals surface area contributed by atoms with Gasteiger partial charge in [-0.1, -0.05) is 13.8 Å². The highest BCUT2D eigenvalue weighted by Crippen LogP contribution is 2.25. The SMILES string of the molecule is CC(C)c1nc(N)cc(Sc2nc(=O)c(=O)[nH]n2C)n1. The minimum Gasteiger partial charge on any atom is -0.384 e. The van der Waals surface area contributed by atoms with Gasteiger partial charge in [-0.05, 0) is 11.8 Å². The maximum Gasteiger partial charge on any atom is 0.339 e. The van der Waals surface area contributed by atoms with Gasteiger partial charge in [-0.3, -0.25) is 19.4 Å². The van der Waals surface area contributed by atoms with Crippen LogP contribution in [0.5, 0.6) is 0 Å². The number of hydrogen-bond donors (Lipinski definition) is 2. The van der Waals surface area contributed by atoms with E-state index in [0.29, 0.717) is 21.8 Å². The van der Waals surface area contributed by atoms with E-state index in [1.807, 2.05) is 13.8 Å². The summed E-state index contributed by atoms with van der Waals surface area (Å²) in [6, 6.07) is 1.59. The molecule has 0 bridgehead atoms. The zero-order chi connectivity index (χ0) is 14.9. The third-order valence-corrected chi connectivity index (χ3v) is 3.37. The van der Waals surface area contributed by atoms with Gasteiger partial charge < -0.3 is 5.73 Å². The van der Waals surface area contributed by atoms with Gasteiger partial charge in [0.1, 0.15) is 16.7 Å². The van der Waals surface area contributed by atoms with Crippen molar-refractivity contribution in [1.82, 2.24) is 24.7 Å². The van der Waals surface area contributed by atoms with Crippen LogP contribution in [-0.2, 0) is 7.05 Å². The summed E-state index contributed by atoms with van der Waals surface area (Å²) < 4.78 is 1.36. The van der Waals surface area contributed by atoms with E-state index < -0.39 is 11.1 Å². The number of aryl methyl sites for hydroxylation is 1. The summed E-state index contributed by atoms with van der Waals surface area (Å²) in [5.41, 5.74) is 4.13. The lowest BCUT2D eigenvalue weighted by Gasteiger charge is -2.08. The fourth-order valence-electron chi connectivity index (χ4n) is 1.42. The predicted octanol–water partition coefficient (Wildman–Crippen LogP) is 0.115. The first-order chi connectivity index (χ1) is 9.36. The number of nitrogen functional groups attached to an aromatic ring is 1. The van der Waals surface area contributed by atoms with Crippen molar-refractivity contribution in [2.24, 2.45) is 7.05 Å². The molecule has 0 fully saturated rings. The normalized spacial score (nSPS) is 11.0. The Morgan fingerprint density at radius 3 is 2.65 bits per heavy atom. The van der Waals surface area contributed by atoms with Crippen LogP contribution in [-0.4, -0.2) is 24.7 Å². The molecular formula is C11H14N6O2S. The smallest absolute Gasteiger partial charge is 0.339 e. The second-order valence-corrected chi connectivity index (χ2v) is 5.43. The van der Waals surface area contributed by atoms with Gasteiger partial charge in [0.25, 0.3) is 0 Å². The van der Waals surface area contributed by atoms with Crippen LogP contribution in [0.2, 0.25) is 0 Å². The average molecular weight is 294 g/mol. The average Bonchev–Trinajstić information content (AvgIpc) is 2.35. The van der Waals surface area contributed by atoms with Crippen LogP contribution in [0.3, 0.4) is 0 Å². The zero-order valence-electron chi connectivity index (χ0n) is 11.2. The molecule has 2 heterocycles. The minimum absolute atomic E-state index is 0.130. The van der Waals surface area contributed by atoms with Gasteiger partial charge in [-0.15, -0.1) is 0 Å². The first kappa shape index (κ1) is 14.3. The Hall–Kier alpha value is -2.16. The van der Waals surface area contributed by atoms with E-state index >= 15 is 0 Å². The molecule has 0 aliphatic heterocycles. The number of nitrogens with one attached hydrogen (secondary N) is 1. The summed E-state index contributed by atoms with van der Waals surface area (Å²) in [6.45, 7) is 3.91. The molecule has 2 aromatic heterocycles. The predicted molar refractivity (Wildman–Crippen MR) is 74.8 cm³/mol.